The molecule has 1 aromatic rings. The fourth-order valence-corrected chi connectivity index (χ4v) is 3.18. The third-order valence-electron chi connectivity index (χ3n) is 4.29. The average molecular weight is 308 g/mol. The lowest BCUT2D eigenvalue weighted by Gasteiger charge is -2.40. The lowest BCUT2D eigenvalue weighted by atomic mass is 9.70. The summed E-state index contributed by atoms with van der Waals surface area (Å²) in [5.41, 5.74) is -0.463. The van der Waals surface area contributed by atoms with E-state index in [-0.39, 0.29) is 29.9 Å². The number of hydrogen-bond acceptors (Lipinski definition) is 7. The Bertz CT molecular complexity index is 677. The van der Waals surface area contributed by atoms with Crippen LogP contribution in [0.3, 0.4) is 0 Å². The Morgan fingerprint density at radius 3 is 2.50 bits per heavy atom. The second-order valence-corrected chi connectivity index (χ2v) is 5.83. The van der Waals surface area contributed by atoms with E-state index in [9.17, 15) is 24.9 Å². The van der Waals surface area contributed by atoms with E-state index < -0.39 is 40.7 Å². The fraction of sp³-hybridized carbons (Fsp3) is 0.467. The van der Waals surface area contributed by atoms with Gasteiger partial charge in [0, 0.05) is 18.4 Å². The number of ketones is 2. The van der Waals surface area contributed by atoms with E-state index in [0.717, 1.165) is 6.07 Å². The number of aromatic hydroxyl groups is 2. The number of benzene rings is 1. The number of aliphatic hydroxyl groups is 1. The number of carbonyl (C=O) groups excluding carboxylic acids is 2. The first kappa shape index (κ1) is 14.8. The quantitative estimate of drug-likeness (QED) is 0.659. The molecular formula is C15H16O7. The molecule has 1 heterocycles. The molecule has 0 unspecified atom stereocenters. The number of phenols is 2. The largest absolute Gasteiger partial charge is 0.507 e. The molecule has 1 aromatic carbocycles. The number of rotatable bonds is 1. The van der Waals surface area contributed by atoms with Crippen molar-refractivity contribution in [3.05, 3.63) is 17.2 Å². The number of Topliss-reactive ketones (excluding diaryl/α,β-unsaturated/α-hetero) is 2. The zero-order valence-electron chi connectivity index (χ0n) is 12.1. The van der Waals surface area contributed by atoms with Crippen LogP contribution in [0.2, 0.25) is 0 Å². The zero-order valence-corrected chi connectivity index (χ0v) is 12.1. The molecule has 3 atom stereocenters. The molecule has 0 aromatic heterocycles. The number of methoxy groups -OCH3 is 1. The first-order valence-electron chi connectivity index (χ1n) is 6.84. The summed E-state index contributed by atoms with van der Waals surface area (Å²) in [7, 11) is 1.28. The van der Waals surface area contributed by atoms with Gasteiger partial charge in [-0.05, 0) is 6.92 Å². The van der Waals surface area contributed by atoms with E-state index in [1.54, 1.807) is 0 Å². The van der Waals surface area contributed by atoms with Gasteiger partial charge in [-0.15, -0.1) is 0 Å². The Kier molecular flexibility index (Phi) is 3.15. The van der Waals surface area contributed by atoms with Crippen molar-refractivity contribution in [2.45, 2.75) is 19.1 Å². The molecule has 0 saturated carbocycles. The Balaban J connectivity index is 2.19. The number of carbonyl (C=O) groups is 2. The Labute approximate surface area is 126 Å². The molecule has 1 saturated heterocycles. The third kappa shape index (κ3) is 1.97. The smallest absolute Gasteiger partial charge is 0.173 e. The van der Waals surface area contributed by atoms with Gasteiger partial charge < -0.3 is 24.8 Å². The molecule has 3 rings (SSSR count). The van der Waals surface area contributed by atoms with E-state index in [2.05, 4.69) is 0 Å². The normalized spacial score (nSPS) is 30.7. The van der Waals surface area contributed by atoms with Crippen molar-refractivity contribution in [3.8, 4) is 17.2 Å². The van der Waals surface area contributed by atoms with Gasteiger partial charge in [0.1, 0.15) is 5.75 Å². The second-order valence-electron chi connectivity index (χ2n) is 5.83. The maximum absolute atomic E-state index is 12.7. The van der Waals surface area contributed by atoms with Crippen molar-refractivity contribution in [2.75, 3.05) is 13.7 Å². The SMILES string of the molecule is COc1cc(O)c2c(c1O)C(=O)[C@@H]1C[C@@](C)(O)OC[C@H]1C2=O. The van der Waals surface area contributed by atoms with Crippen molar-refractivity contribution in [1.82, 2.24) is 0 Å². The van der Waals surface area contributed by atoms with Crippen LogP contribution in [0.25, 0.3) is 0 Å². The van der Waals surface area contributed by atoms with Crippen molar-refractivity contribution in [2.24, 2.45) is 11.8 Å². The molecule has 22 heavy (non-hydrogen) atoms. The fourth-order valence-electron chi connectivity index (χ4n) is 3.18. The maximum atomic E-state index is 12.7. The number of ether oxygens (including phenoxy) is 2. The van der Waals surface area contributed by atoms with Crippen molar-refractivity contribution >= 4 is 11.6 Å². The first-order valence-corrected chi connectivity index (χ1v) is 6.84. The Hall–Kier alpha value is -2.12. The van der Waals surface area contributed by atoms with Crippen LogP contribution in [0.5, 0.6) is 17.2 Å². The molecule has 1 fully saturated rings. The molecule has 3 N–H and O–H groups in total. The van der Waals surface area contributed by atoms with Gasteiger partial charge in [0.05, 0.1) is 30.8 Å². The van der Waals surface area contributed by atoms with Crippen LogP contribution in [0, 0.1) is 11.8 Å². The summed E-state index contributed by atoms with van der Waals surface area (Å²) < 4.78 is 10.1. The summed E-state index contributed by atoms with van der Waals surface area (Å²) in [5, 5.41) is 30.2. The van der Waals surface area contributed by atoms with Crippen LogP contribution in [-0.4, -0.2) is 46.4 Å². The molecule has 0 bridgehead atoms. The van der Waals surface area contributed by atoms with Gasteiger partial charge in [-0.2, -0.15) is 0 Å². The van der Waals surface area contributed by atoms with Gasteiger partial charge in [-0.25, -0.2) is 0 Å². The van der Waals surface area contributed by atoms with Crippen molar-refractivity contribution < 1.29 is 34.4 Å². The van der Waals surface area contributed by atoms with E-state index >= 15 is 0 Å². The average Bonchev–Trinajstić information content (AvgIpc) is 2.45. The molecular weight excluding hydrogens is 292 g/mol. The van der Waals surface area contributed by atoms with Crippen LogP contribution in [-0.2, 0) is 4.74 Å². The molecule has 1 aliphatic heterocycles. The summed E-state index contributed by atoms with van der Waals surface area (Å²) in [5.74, 6) is -5.06. The number of fused-ring (bicyclic) bond motifs is 2. The highest BCUT2D eigenvalue weighted by atomic mass is 16.6. The molecule has 7 nitrogen and oxygen atoms in total. The van der Waals surface area contributed by atoms with Crippen molar-refractivity contribution in [1.29, 1.82) is 0 Å². The molecule has 0 amide bonds. The van der Waals surface area contributed by atoms with E-state index in [1.807, 2.05) is 0 Å². The summed E-state index contributed by atoms with van der Waals surface area (Å²) in [4.78, 5) is 25.2. The van der Waals surface area contributed by atoms with Gasteiger partial charge in [-0.1, -0.05) is 0 Å². The second kappa shape index (κ2) is 4.69. The van der Waals surface area contributed by atoms with Gasteiger partial charge in [0.2, 0.25) is 0 Å². The first-order chi connectivity index (χ1) is 10.3. The van der Waals surface area contributed by atoms with E-state index in [4.69, 9.17) is 9.47 Å². The summed E-state index contributed by atoms with van der Waals surface area (Å²) in [6.45, 7) is 1.30. The van der Waals surface area contributed by atoms with Crippen LogP contribution in [0.1, 0.15) is 34.1 Å². The van der Waals surface area contributed by atoms with Gasteiger partial charge >= 0.3 is 0 Å². The standard InChI is InChI=1S/C15H16O7/c1-15(20)4-6-7(5-22-15)13(18)10-8(16)3-9(21-2)14(19)11(10)12(6)17/h3,6-7,16,19-20H,4-5H2,1-2H3/t6-,7-,15+/m1/s1. The van der Waals surface area contributed by atoms with Crippen LogP contribution >= 0.6 is 0 Å². The Morgan fingerprint density at radius 1 is 1.23 bits per heavy atom. The molecule has 7 heteroatoms. The third-order valence-corrected chi connectivity index (χ3v) is 4.29. The predicted molar refractivity (Wildman–Crippen MR) is 73.2 cm³/mol. The van der Waals surface area contributed by atoms with E-state index in [0.29, 0.717) is 0 Å². The highest BCUT2D eigenvalue weighted by Crippen LogP contribution is 2.47. The minimum atomic E-state index is -1.51. The molecule has 0 radical (unpaired) electrons. The molecule has 2 aliphatic rings. The van der Waals surface area contributed by atoms with Gasteiger partial charge in [0.25, 0.3) is 0 Å². The lowest BCUT2D eigenvalue weighted by molar-refractivity contribution is -0.227. The summed E-state index contributed by atoms with van der Waals surface area (Å²) >= 11 is 0. The Morgan fingerprint density at radius 2 is 1.86 bits per heavy atom. The predicted octanol–water partition coefficient (Wildman–Crippen LogP) is 0.847. The summed E-state index contributed by atoms with van der Waals surface area (Å²) in [6.07, 6.45) is -0.0565. The van der Waals surface area contributed by atoms with Crippen LogP contribution in [0.4, 0.5) is 0 Å². The molecule has 0 spiro atoms. The van der Waals surface area contributed by atoms with Gasteiger partial charge in [-0.3, -0.25) is 9.59 Å². The van der Waals surface area contributed by atoms with Crippen LogP contribution < -0.4 is 4.74 Å². The maximum Gasteiger partial charge on any atom is 0.173 e. The molecule has 1 aliphatic carbocycles. The van der Waals surface area contributed by atoms with Crippen molar-refractivity contribution in [3.63, 3.8) is 0 Å². The monoisotopic (exact) mass is 308 g/mol. The van der Waals surface area contributed by atoms with E-state index in [1.165, 1.54) is 14.0 Å². The number of hydrogen-bond donors (Lipinski definition) is 3. The molecule has 118 valence electrons. The lowest BCUT2D eigenvalue weighted by Crippen LogP contribution is -2.49. The minimum Gasteiger partial charge on any atom is -0.507 e. The van der Waals surface area contributed by atoms with Crippen LogP contribution in [0.15, 0.2) is 6.07 Å². The summed E-state index contributed by atoms with van der Waals surface area (Å²) in [6, 6.07) is 1.10. The highest BCUT2D eigenvalue weighted by molar-refractivity contribution is 6.19. The topological polar surface area (TPSA) is 113 Å². The minimum absolute atomic E-state index is 0.0565. The van der Waals surface area contributed by atoms with Gasteiger partial charge in [0.15, 0.2) is 28.9 Å². The number of phenolic OH excluding ortho intramolecular Hbond substituents is 2. The highest BCUT2D eigenvalue weighted by Gasteiger charge is 2.50. The zero-order chi connectivity index (χ0) is 16.2.